The zero-order valence-electron chi connectivity index (χ0n) is 11.3. The van der Waals surface area contributed by atoms with E-state index < -0.39 is 0 Å². The highest BCUT2D eigenvalue weighted by molar-refractivity contribution is 7.08. The van der Waals surface area contributed by atoms with E-state index in [1.54, 1.807) is 18.3 Å². The van der Waals surface area contributed by atoms with Gasteiger partial charge in [-0.15, -0.1) is 0 Å². The van der Waals surface area contributed by atoms with Crippen LogP contribution in [0.2, 0.25) is 0 Å². The van der Waals surface area contributed by atoms with E-state index in [-0.39, 0.29) is 11.9 Å². The van der Waals surface area contributed by atoms with Crippen LogP contribution in [0.15, 0.2) is 29.0 Å². The number of esters is 1. The van der Waals surface area contributed by atoms with Gasteiger partial charge in [0.1, 0.15) is 0 Å². The number of rotatable bonds is 4. The molecule has 2 aromatic rings. The summed E-state index contributed by atoms with van der Waals surface area (Å²) in [5.74, 6) is -0.117. The van der Waals surface area contributed by atoms with Crippen molar-refractivity contribution in [1.29, 1.82) is 0 Å². The highest BCUT2D eigenvalue weighted by Gasteiger charge is 2.17. The molecule has 0 spiro atoms. The first-order valence-electron chi connectivity index (χ1n) is 6.34. The maximum atomic E-state index is 11.9. The predicted molar refractivity (Wildman–Crippen MR) is 77.6 cm³/mol. The van der Waals surface area contributed by atoms with Gasteiger partial charge in [0.05, 0.1) is 23.6 Å². The van der Waals surface area contributed by atoms with Crippen LogP contribution in [-0.4, -0.2) is 17.6 Å². The van der Waals surface area contributed by atoms with Crippen molar-refractivity contribution in [1.82, 2.24) is 4.98 Å². The van der Waals surface area contributed by atoms with Crippen molar-refractivity contribution in [3.63, 3.8) is 0 Å². The molecule has 0 saturated carbocycles. The first-order valence-corrected chi connectivity index (χ1v) is 7.28. The van der Waals surface area contributed by atoms with E-state index in [1.807, 2.05) is 37.4 Å². The summed E-state index contributed by atoms with van der Waals surface area (Å²) in [6.07, 6.45) is 0. The first-order chi connectivity index (χ1) is 9.13. The molecule has 2 heterocycles. The number of hydrogen-bond acceptors (Lipinski definition) is 4. The van der Waals surface area contributed by atoms with Crippen LogP contribution in [-0.2, 0) is 4.74 Å². The minimum atomic E-state index is -0.296. The molecule has 0 bridgehead atoms. The second-order valence-corrected chi connectivity index (χ2v) is 5.30. The maximum Gasteiger partial charge on any atom is 0.339 e. The molecule has 0 aliphatic rings. The van der Waals surface area contributed by atoms with Gasteiger partial charge < -0.3 is 4.74 Å². The van der Waals surface area contributed by atoms with E-state index in [0.717, 1.165) is 17.0 Å². The maximum absolute atomic E-state index is 11.9. The summed E-state index contributed by atoms with van der Waals surface area (Å²) in [5.41, 5.74) is 3.35. The van der Waals surface area contributed by atoms with Crippen LogP contribution in [0, 0.1) is 0 Å². The number of thiophene rings is 1. The lowest BCUT2D eigenvalue weighted by molar-refractivity contribution is 0.0524. The quantitative estimate of drug-likeness (QED) is 0.788. The molecule has 2 aromatic heterocycles. The molecule has 0 fully saturated rings. The molecule has 0 aromatic carbocycles. The van der Waals surface area contributed by atoms with Crippen LogP contribution in [0.25, 0.3) is 11.3 Å². The van der Waals surface area contributed by atoms with Crippen molar-refractivity contribution in [3.8, 4) is 11.3 Å². The average Bonchev–Trinajstić information content (AvgIpc) is 2.92. The number of pyridine rings is 1. The summed E-state index contributed by atoms with van der Waals surface area (Å²) in [6.45, 7) is 6.24. The summed E-state index contributed by atoms with van der Waals surface area (Å²) < 4.78 is 5.07. The van der Waals surface area contributed by atoms with Gasteiger partial charge >= 0.3 is 5.97 Å². The van der Waals surface area contributed by atoms with E-state index >= 15 is 0 Å². The Hall–Kier alpha value is -1.68. The zero-order chi connectivity index (χ0) is 13.8. The number of nitrogens with zero attached hydrogens (tertiary/aromatic N) is 1. The van der Waals surface area contributed by atoms with Crippen molar-refractivity contribution >= 4 is 17.3 Å². The predicted octanol–water partition coefficient (Wildman–Crippen LogP) is 4.11. The van der Waals surface area contributed by atoms with Crippen LogP contribution >= 0.6 is 11.3 Å². The molecule has 0 atom stereocenters. The molecular weight excluding hydrogens is 258 g/mol. The molecule has 0 amide bonds. The Labute approximate surface area is 117 Å². The summed E-state index contributed by atoms with van der Waals surface area (Å²) >= 11 is 1.64. The van der Waals surface area contributed by atoms with Crippen molar-refractivity contribution < 1.29 is 9.53 Å². The van der Waals surface area contributed by atoms with Crippen LogP contribution in [0.5, 0.6) is 0 Å². The Morgan fingerprint density at radius 2 is 2.16 bits per heavy atom. The van der Waals surface area contributed by atoms with E-state index in [4.69, 9.17) is 4.74 Å². The van der Waals surface area contributed by atoms with Gasteiger partial charge in [-0.05, 0) is 36.4 Å². The molecule has 0 saturated heterocycles. The van der Waals surface area contributed by atoms with Gasteiger partial charge in [0.2, 0.25) is 0 Å². The molecule has 100 valence electrons. The molecule has 0 aliphatic heterocycles. The Kier molecular flexibility index (Phi) is 4.32. The molecule has 2 rings (SSSR count). The lowest BCUT2D eigenvalue weighted by atomic mass is 10.0. The number of ether oxygens (including phenoxy) is 1. The minimum absolute atomic E-state index is 0.179. The number of carbonyl (C=O) groups is 1. The third-order valence-electron chi connectivity index (χ3n) is 2.78. The first kappa shape index (κ1) is 13.7. The van der Waals surface area contributed by atoms with Gasteiger partial charge in [0, 0.05) is 10.9 Å². The van der Waals surface area contributed by atoms with Crippen LogP contribution in [0.4, 0.5) is 0 Å². The van der Waals surface area contributed by atoms with E-state index in [2.05, 4.69) is 10.4 Å². The fraction of sp³-hybridized carbons (Fsp3) is 0.333. The van der Waals surface area contributed by atoms with E-state index in [9.17, 15) is 4.79 Å². The molecule has 0 radical (unpaired) electrons. The lowest BCUT2D eigenvalue weighted by Crippen LogP contribution is -2.11. The second kappa shape index (κ2) is 5.97. The topological polar surface area (TPSA) is 39.2 Å². The van der Waals surface area contributed by atoms with Crippen LogP contribution in [0.3, 0.4) is 0 Å². The largest absolute Gasteiger partial charge is 0.462 e. The Morgan fingerprint density at radius 3 is 2.74 bits per heavy atom. The Balaban J connectivity index is 2.44. The second-order valence-electron chi connectivity index (χ2n) is 4.52. The normalized spacial score (nSPS) is 10.7. The monoisotopic (exact) mass is 275 g/mol. The zero-order valence-corrected chi connectivity index (χ0v) is 12.2. The molecule has 4 heteroatoms. The van der Waals surface area contributed by atoms with Gasteiger partial charge in [-0.1, -0.05) is 13.8 Å². The van der Waals surface area contributed by atoms with Crippen molar-refractivity contribution in [2.45, 2.75) is 26.7 Å². The fourth-order valence-corrected chi connectivity index (χ4v) is 2.52. The van der Waals surface area contributed by atoms with E-state index in [0.29, 0.717) is 12.2 Å². The van der Waals surface area contributed by atoms with Gasteiger partial charge in [0.25, 0.3) is 0 Å². The van der Waals surface area contributed by atoms with Crippen molar-refractivity contribution in [2.24, 2.45) is 0 Å². The van der Waals surface area contributed by atoms with Gasteiger partial charge in [0.15, 0.2) is 0 Å². The molecule has 0 aliphatic carbocycles. The summed E-state index contributed by atoms with van der Waals surface area (Å²) in [7, 11) is 0. The lowest BCUT2D eigenvalue weighted by Gasteiger charge is -2.12. The summed E-state index contributed by atoms with van der Waals surface area (Å²) in [4.78, 5) is 16.5. The SMILES string of the molecule is CCOC(=O)c1ccc(-c2ccsc2)nc1C(C)C. The summed E-state index contributed by atoms with van der Waals surface area (Å²) in [6, 6.07) is 5.72. The molecule has 0 N–H and O–H groups in total. The van der Waals surface area contributed by atoms with Crippen molar-refractivity contribution in [2.75, 3.05) is 6.61 Å². The average molecular weight is 275 g/mol. The third-order valence-corrected chi connectivity index (χ3v) is 3.47. The number of hydrogen-bond donors (Lipinski definition) is 0. The minimum Gasteiger partial charge on any atom is -0.462 e. The molecule has 0 unspecified atom stereocenters. The fourth-order valence-electron chi connectivity index (χ4n) is 1.87. The Bertz CT molecular complexity index is 562. The smallest absolute Gasteiger partial charge is 0.339 e. The molecule has 19 heavy (non-hydrogen) atoms. The molecule has 3 nitrogen and oxygen atoms in total. The number of aromatic nitrogens is 1. The van der Waals surface area contributed by atoms with Gasteiger partial charge in [-0.2, -0.15) is 11.3 Å². The Morgan fingerprint density at radius 1 is 1.37 bits per heavy atom. The third kappa shape index (κ3) is 3.01. The van der Waals surface area contributed by atoms with Gasteiger partial charge in [-0.25, -0.2) is 4.79 Å². The number of carbonyl (C=O) groups excluding carboxylic acids is 1. The van der Waals surface area contributed by atoms with E-state index in [1.165, 1.54) is 0 Å². The van der Waals surface area contributed by atoms with Crippen LogP contribution < -0.4 is 0 Å². The highest BCUT2D eigenvalue weighted by atomic mass is 32.1. The standard InChI is InChI=1S/C15H17NO2S/c1-4-18-15(17)12-5-6-13(11-7-8-19-9-11)16-14(12)10(2)3/h5-10H,4H2,1-3H3. The summed E-state index contributed by atoms with van der Waals surface area (Å²) in [5, 5.41) is 4.07. The van der Waals surface area contributed by atoms with Crippen LogP contribution in [0.1, 0.15) is 42.7 Å². The van der Waals surface area contributed by atoms with Crippen molar-refractivity contribution in [3.05, 3.63) is 40.2 Å². The highest BCUT2D eigenvalue weighted by Crippen LogP contribution is 2.25. The van der Waals surface area contributed by atoms with Gasteiger partial charge in [-0.3, -0.25) is 4.98 Å². The molecular formula is C15H17NO2S.